The molecule has 0 unspecified atom stereocenters. The van der Waals surface area contributed by atoms with E-state index in [4.69, 9.17) is 4.74 Å². The van der Waals surface area contributed by atoms with Gasteiger partial charge in [-0.1, -0.05) is 24.3 Å². The Morgan fingerprint density at radius 3 is 2.53 bits per heavy atom. The number of anilines is 1. The number of para-hydroxylation sites is 1. The van der Waals surface area contributed by atoms with E-state index in [1.165, 1.54) is 6.20 Å². The Balaban J connectivity index is 1.78. The van der Waals surface area contributed by atoms with Crippen LogP contribution in [-0.4, -0.2) is 39.1 Å². The number of amides is 1. The molecule has 0 aliphatic carbocycles. The lowest BCUT2D eigenvalue weighted by molar-refractivity contribution is -0.116. The minimum atomic E-state index is -1.19. The van der Waals surface area contributed by atoms with Crippen molar-refractivity contribution in [2.45, 2.75) is 19.8 Å². The smallest absolute Gasteiger partial charge is 0.340 e. The Morgan fingerprint density at radius 2 is 1.85 bits per heavy atom. The summed E-state index contributed by atoms with van der Waals surface area (Å²) in [5.74, 6) is -2.21. The molecule has 2 heterocycles. The topological polar surface area (TPSA) is 111 Å². The number of esters is 1. The fraction of sp³-hybridized carbons (Fsp3) is 0.154. The zero-order valence-corrected chi connectivity index (χ0v) is 18.5. The summed E-state index contributed by atoms with van der Waals surface area (Å²) in [7, 11) is 0. The average molecular weight is 457 g/mol. The number of nitrogens with zero attached hydrogens (tertiary/aromatic N) is 2. The van der Waals surface area contributed by atoms with Gasteiger partial charge in [0.15, 0.2) is 0 Å². The second-order valence-electron chi connectivity index (χ2n) is 7.57. The van der Waals surface area contributed by atoms with Gasteiger partial charge in [0.05, 0.1) is 28.9 Å². The van der Waals surface area contributed by atoms with E-state index in [9.17, 15) is 19.5 Å². The van der Waals surface area contributed by atoms with E-state index >= 15 is 0 Å². The number of aryl methyl sites for hydroxylation is 1. The predicted octanol–water partition coefficient (Wildman–Crippen LogP) is 4.47. The average Bonchev–Trinajstić information content (AvgIpc) is 3.24. The third-order valence-electron chi connectivity index (χ3n) is 5.35. The molecule has 0 saturated carbocycles. The Hall–Kier alpha value is -4.46. The molecule has 34 heavy (non-hydrogen) atoms. The summed E-state index contributed by atoms with van der Waals surface area (Å²) in [5, 5.41) is 12.9. The molecule has 2 N–H and O–H groups in total. The molecule has 1 amide bonds. The van der Waals surface area contributed by atoms with Gasteiger partial charge in [-0.25, -0.2) is 9.59 Å². The SMILES string of the molecule is CCOC(=O)c1c(NC(=O)CCc2cccnc2)ccc2c1c(C(=O)O)cn2-c1ccccc1. The van der Waals surface area contributed by atoms with Crippen molar-refractivity contribution in [3.05, 3.63) is 89.9 Å². The molecule has 0 aliphatic heterocycles. The van der Waals surface area contributed by atoms with Crippen LogP contribution in [0.3, 0.4) is 0 Å². The monoisotopic (exact) mass is 457 g/mol. The zero-order chi connectivity index (χ0) is 24.1. The van der Waals surface area contributed by atoms with E-state index < -0.39 is 11.9 Å². The van der Waals surface area contributed by atoms with Crippen molar-refractivity contribution in [3.8, 4) is 5.69 Å². The molecule has 2 aromatic heterocycles. The van der Waals surface area contributed by atoms with Crippen LogP contribution in [0, 0.1) is 0 Å². The summed E-state index contributed by atoms with van der Waals surface area (Å²) in [6.07, 6.45) is 5.46. The van der Waals surface area contributed by atoms with E-state index in [0.29, 0.717) is 11.9 Å². The Labute approximate surface area is 195 Å². The van der Waals surface area contributed by atoms with Crippen molar-refractivity contribution >= 4 is 34.4 Å². The number of rotatable bonds is 8. The Bertz CT molecular complexity index is 1350. The number of nitrogens with one attached hydrogen (secondary N) is 1. The van der Waals surface area contributed by atoms with Gasteiger partial charge in [0.1, 0.15) is 0 Å². The van der Waals surface area contributed by atoms with Crippen LogP contribution in [0.5, 0.6) is 0 Å². The lowest BCUT2D eigenvalue weighted by Crippen LogP contribution is -2.17. The number of aromatic carboxylic acids is 1. The number of carbonyl (C=O) groups excluding carboxylic acids is 2. The number of carboxylic acids is 1. The first kappa shape index (κ1) is 22.7. The quantitative estimate of drug-likeness (QED) is 0.378. The van der Waals surface area contributed by atoms with Crippen molar-refractivity contribution in [2.75, 3.05) is 11.9 Å². The lowest BCUT2D eigenvalue weighted by Gasteiger charge is -2.13. The van der Waals surface area contributed by atoms with Gasteiger partial charge >= 0.3 is 11.9 Å². The fourth-order valence-corrected chi connectivity index (χ4v) is 3.83. The summed E-state index contributed by atoms with van der Waals surface area (Å²) < 4.78 is 6.94. The highest BCUT2D eigenvalue weighted by atomic mass is 16.5. The largest absolute Gasteiger partial charge is 0.478 e. The highest BCUT2D eigenvalue weighted by Crippen LogP contribution is 2.33. The molecule has 0 atom stereocenters. The second kappa shape index (κ2) is 9.99. The van der Waals surface area contributed by atoms with Crippen LogP contribution in [0.4, 0.5) is 5.69 Å². The number of carboxylic acid groups (broad SMARTS) is 1. The van der Waals surface area contributed by atoms with Crippen molar-refractivity contribution in [1.82, 2.24) is 9.55 Å². The van der Waals surface area contributed by atoms with Gasteiger partial charge in [-0.3, -0.25) is 9.78 Å². The molecule has 0 spiro atoms. The molecule has 0 radical (unpaired) electrons. The van der Waals surface area contributed by atoms with E-state index in [2.05, 4.69) is 10.3 Å². The first-order valence-corrected chi connectivity index (χ1v) is 10.8. The minimum Gasteiger partial charge on any atom is -0.478 e. The fourth-order valence-electron chi connectivity index (χ4n) is 3.83. The number of aromatic nitrogens is 2. The van der Waals surface area contributed by atoms with Crippen molar-refractivity contribution in [3.63, 3.8) is 0 Å². The molecular formula is C26H23N3O5. The molecule has 0 fully saturated rings. The molecule has 0 aliphatic rings. The van der Waals surface area contributed by atoms with Crippen LogP contribution in [-0.2, 0) is 16.0 Å². The number of pyridine rings is 1. The zero-order valence-electron chi connectivity index (χ0n) is 18.5. The highest BCUT2D eigenvalue weighted by Gasteiger charge is 2.26. The van der Waals surface area contributed by atoms with Gasteiger partial charge in [-0.15, -0.1) is 0 Å². The third-order valence-corrected chi connectivity index (χ3v) is 5.35. The van der Waals surface area contributed by atoms with E-state index in [0.717, 1.165) is 11.3 Å². The van der Waals surface area contributed by atoms with Crippen molar-refractivity contribution in [2.24, 2.45) is 0 Å². The number of hydrogen-bond donors (Lipinski definition) is 2. The maximum atomic E-state index is 13.0. The predicted molar refractivity (Wildman–Crippen MR) is 127 cm³/mol. The van der Waals surface area contributed by atoms with Gasteiger partial charge in [-0.05, 0) is 49.2 Å². The highest BCUT2D eigenvalue weighted by molar-refractivity contribution is 6.17. The molecule has 4 aromatic rings. The lowest BCUT2D eigenvalue weighted by atomic mass is 10.0. The number of carbonyl (C=O) groups is 3. The van der Waals surface area contributed by atoms with Gasteiger partial charge in [0.2, 0.25) is 5.91 Å². The number of fused-ring (bicyclic) bond motifs is 1. The van der Waals surface area contributed by atoms with Gasteiger partial charge in [0, 0.05) is 36.1 Å². The van der Waals surface area contributed by atoms with Gasteiger partial charge in [0.25, 0.3) is 0 Å². The standard InChI is InChI=1S/C26H23N3O5/c1-2-34-26(33)24-20(28-22(30)13-10-17-7-6-14-27-15-17)11-12-21-23(24)19(25(31)32)16-29(21)18-8-4-3-5-9-18/h3-9,11-12,14-16H,2,10,13H2,1H3,(H,28,30)(H,31,32). The van der Waals surface area contributed by atoms with Crippen LogP contribution in [0.1, 0.15) is 39.6 Å². The summed E-state index contributed by atoms with van der Waals surface area (Å²) in [6.45, 7) is 1.77. The normalized spacial score (nSPS) is 10.7. The molecule has 0 bridgehead atoms. The van der Waals surface area contributed by atoms with Crippen LogP contribution in [0.25, 0.3) is 16.6 Å². The Morgan fingerprint density at radius 1 is 1.06 bits per heavy atom. The van der Waals surface area contributed by atoms with E-state index in [-0.39, 0.29) is 41.1 Å². The summed E-state index contributed by atoms with van der Waals surface area (Å²) >= 11 is 0. The Kier molecular flexibility index (Phi) is 6.68. The molecular weight excluding hydrogens is 434 g/mol. The van der Waals surface area contributed by atoms with E-state index in [1.807, 2.05) is 36.4 Å². The van der Waals surface area contributed by atoms with Crippen LogP contribution in [0.2, 0.25) is 0 Å². The van der Waals surface area contributed by atoms with Crippen LogP contribution < -0.4 is 5.32 Å². The number of hydrogen-bond acceptors (Lipinski definition) is 5. The first-order valence-electron chi connectivity index (χ1n) is 10.8. The third kappa shape index (κ3) is 4.66. The maximum absolute atomic E-state index is 13.0. The van der Waals surface area contributed by atoms with E-state index in [1.54, 1.807) is 42.1 Å². The van der Waals surface area contributed by atoms with Gasteiger partial charge in [-0.2, -0.15) is 0 Å². The molecule has 8 nitrogen and oxygen atoms in total. The summed E-state index contributed by atoms with van der Waals surface area (Å²) in [5.41, 5.74) is 2.32. The van der Waals surface area contributed by atoms with Crippen molar-refractivity contribution < 1.29 is 24.2 Å². The van der Waals surface area contributed by atoms with Crippen LogP contribution in [0.15, 0.2) is 73.2 Å². The summed E-state index contributed by atoms with van der Waals surface area (Å²) in [4.78, 5) is 41.8. The van der Waals surface area contributed by atoms with Gasteiger partial charge < -0.3 is 19.7 Å². The molecule has 4 rings (SSSR count). The molecule has 172 valence electrons. The first-order chi connectivity index (χ1) is 16.5. The number of benzene rings is 2. The van der Waals surface area contributed by atoms with Crippen LogP contribution >= 0.6 is 0 Å². The number of ether oxygens (including phenoxy) is 1. The molecule has 8 heteroatoms. The molecule has 0 saturated heterocycles. The summed E-state index contributed by atoms with van der Waals surface area (Å²) in [6, 6.07) is 16.2. The second-order valence-corrected chi connectivity index (χ2v) is 7.57. The minimum absolute atomic E-state index is 0.0150. The maximum Gasteiger partial charge on any atom is 0.340 e. The molecule has 2 aromatic carbocycles. The van der Waals surface area contributed by atoms with Crippen molar-refractivity contribution in [1.29, 1.82) is 0 Å².